The number of amides is 1. The van der Waals surface area contributed by atoms with Crippen molar-refractivity contribution in [2.75, 3.05) is 5.32 Å². The zero-order chi connectivity index (χ0) is 14.0. The Morgan fingerprint density at radius 2 is 2.16 bits per heavy atom. The van der Waals surface area contributed by atoms with Gasteiger partial charge in [-0.15, -0.1) is 11.3 Å². The van der Waals surface area contributed by atoms with E-state index in [9.17, 15) is 19.3 Å². The molecule has 0 unspecified atom stereocenters. The Hall–Kier alpha value is -1.80. The van der Waals surface area contributed by atoms with Crippen molar-refractivity contribution in [1.29, 1.82) is 0 Å². The highest BCUT2D eigenvalue weighted by atomic mass is 79.9. The molecule has 0 saturated carbocycles. The Morgan fingerprint density at radius 3 is 2.74 bits per heavy atom. The third-order valence-corrected chi connectivity index (χ3v) is 4.06. The van der Waals surface area contributed by atoms with Gasteiger partial charge in [-0.1, -0.05) is 0 Å². The normalized spacial score (nSPS) is 10.2. The van der Waals surface area contributed by atoms with Crippen LogP contribution >= 0.6 is 27.3 Å². The number of nitrogens with one attached hydrogen (secondary N) is 1. The fraction of sp³-hybridized carbons (Fsp3) is 0. The molecular formula is C11H6BrFN2O3S. The summed E-state index contributed by atoms with van der Waals surface area (Å²) < 4.78 is 13.6. The number of nitro benzene ring substituents is 1. The minimum atomic E-state index is -0.748. The molecular weight excluding hydrogens is 339 g/mol. The summed E-state index contributed by atoms with van der Waals surface area (Å²) in [4.78, 5) is 22.3. The monoisotopic (exact) mass is 344 g/mol. The summed E-state index contributed by atoms with van der Waals surface area (Å²) in [5.41, 5.74) is -0.530. The molecule has 0 fully saturated rings. The largest absolute Gasteiger partial charge is 0.315 e. The van der Waals surface area contributed by atoms with Crippen LogP contribution in [0.2, 0.25) is 0 Å². The Balaban J connectivity index is 2.32. The lowest BCUT2D eigenvalue weighted by atomic mass is 10.2. The van der Waals surface area contributed by atoms with Crippen LogP contribution in [0, 0.1) is 15.9 Å². The molecule has 2 rings (SSSR count). The van der Waals surface area contributed by atoms with E-state index in [4.69, 9.17) is 0 Å². The van der Waals surface area contributed by atoms with Crippen LogP contribution in [0.5, 0.6) is 0 Å². The van der Waals surface area contributed by atoms with E-state index in [1.54, 1.807) is 11.4 Å². The second-order valence-corrected chi connectivity index (χ2v) is 5.24. The summed E-state index contributed by atoms with van der Waals surface area (Å²) in [6.45, 7) is 0. The lowest BCUT2D eigenvalue weighted by molar-refractivity contribution is -0.384. The number of nitrogens with zero attached hydrogens (tertiary/aromatic N) is 1. The zero-order valence-electron chi connectivity index (χ0n) is 9.22. The summed E-state index contributed by atoms with van der Waals surface area (Å²) >= 11 is 4.39. The molecule has 1 heterocycles. The van der Waals surface area contributed by atoms with Crippen molar-refractivity contribution in [3.63, 3.8) is 0 Å². The van der Waals surface area contributed by atoms with Gasteiger partial charge in [0.1, 0.15) is 16.4 Å². The Kier molecular flexibility index (Phi) is 3.91. The fourth-order valence-corrected chi connectivity index (χ4v) is 2.84. The summed E-state index contributed by atoms with van der Waals surface area (Å²) in [7, 11) is 0. The molecule has 2 aromatic rings. The van der Waals surface area contributed by atoms with Gasteiger partial charge in [-0.25, -0.2) is 4.39 Å². The number of rotatable bonds is 3. The van der Waals surface area contributed by atoms with Crippen molar-refractivity contribution in [2.45, 2.75) is 0 Å². The van der Waals surface area contributed by atoms with Gasteiger partial charge in [-0.05, 0) is 39.5 Å². The highest BCUT2D eigenvalue weighted by Gasteiger charge is 2.19. The summed E-state index contributed by atoms with van der Waals surface area (Å²) in [5.74, 6) is -1.22. The third-order valence-electron chi connectivity index (χ3n) is 2.23. The molecule has 5 nitrogen and oxygen atoms in total. The van der Waals surface area contributed by atoms with Gasteiger partial charge in [0.2, 0.25) is 0 Å². The van der Waals surface area contributed by atoms with Crippen LogP contribution in [0.25, 0.3) is 0 Å². The van der Waals surface area contributed by atoms with E-state index in [0.717, 1.165) is 18.2 Å². The maximum absolute atomic E-state index is 13.0. The van der Waals surface area contributed by atoms with Crippen molar-refractivity contribution in [3.8, 4) is 0 Å². The van der Waals surface area contributed by atoms with Gasteiger partial charge in [0.25, 0.3) is 11.6 Å². The minimum absolute atomic E-state index is 0.0447. The molecule has 0 aliphatic heterocycles. The summed E-state index contributed by atoms with van der Waals surface area (Å²) in [6.07, 6.45) is 0. The minimum Gasteiger partial charge on any atom is -0.315 e. The smallest absolute Gasteiger partial charge is 0.295 e. The number of nitro groups is 1. The molecule has 1 aromatic carbocycles. The molecule has 0 atom stereocenters. The van der Waals surface area contributed by atoms with Crippen molar-refractivity contribution in [1.82, 2.24) is 0 Å². The molecule has 1 amide bonds. The second-order valence-electron chi connectivity index (χ2n) is 3.47. The van der Waals surface area contributed by atoms with Crippen molar-refractivity contribution >= 4 is 44.5 Å². The number of hydrogen-bond donors (Lipinski definition) is 1. The number of carbonyl (C=O) groups is 1. The van der Waals surface area contributed by atoms with Crippen LogP contribution < -0.4 is 5.32 Å². The lowest BCUT2D eigenvalue weighted by Gasteiger charge is -2.05. The number of thiophene rings is 1. The van der Waals surface area contributed by atoms with E-state index in [1.165, 1.54) is 11.3 Å². The molecule has 0 bridgehead atoms. The molecule has 0 aliphatic rings. The lowest BCUT2D eigenvalue weighted by Crippen LogP contribution is -2.12. The number of carbonyl (C=O) groups excluding carboxylic acids is 1. The molecule has 1 aromatic heterocycles. The van der Waals surface area contributed by atoms with Gasteiger partial charge >= 0.3 is 0 Å². The summed E-state index contributed by atoms with van der Waals surface area (Å²) in [6, 6.07) is 4.66. The topological polar surface area (TPSA) is 72.2 Å². The quantitative estimate of drug-likeness (QED) is 0.679. The van der Waals surface area contributed by atoms with Crippen LogP contribution in [0.15, 0.2) is 34.1 Å². The van der Waals surface area contributed by atoms with Crippen LogP contribution in [-0.2, 0) is 0 Å². The van der Waals surface area contributed by atoms with Gasteiger partial charge in [0.05, 0.1) is 11.0 Å². The average Bonchev–Trinajstić information content (AvgIpc) is 2.77. The first-order valence-corrected chi connectivity index (χ1v) is 6.64. The van der Waals surface area contributed by atoms with E-state index in [-0.39, 0.29) is 5.69 Å². The second kappa shape index (κ2) is 5.45. The predicted molar refractivity (Wildman–Crippen MR) is 73.0 cm³/mol. The van der Waals surface area contributed by atoms with E-state index in [0.29, 0.717) is 9.35 Å². The molecule has 0 radical (unpaired) electrons. The number of halogens is 2. The average molecular weight is 345 g/mol. The van der Waals surface area contributed by atoms with Gasteiger partial charge < -0.3 is 5.32 Å². The van der Waals surface area contributed by atoms with Crippen LogP contribution in [0.1, 0.15) is 9.67 Å². The fourth-order valence-electron chi connectivity index (χ4n) is 1.40. The maximum atomic E-state index is 13.0. The Morgan fingerprint density at radius 1 is 1.42 bits per heavy atom. The standard InChI is InChI=1S/C11H6BrFN2O3S/c12-7-3-4-19-10(7)11(16)14-8-2-1-6(13)5-9(8)15(17)18/h1-5H,(H,14,16). The molecule has 1 N–H and O–H groups in total. The number of hydrogen-bond acceptors (Lipinski definition) is 4. The van der Waals surface area contributed by atoms with Crippen molar-refractivity contribution in [2.24, 2.45) is 0 Å². The first-order valence-electron chi connectivity index (χ1n) is 4.97. The number of benzene rings is 1. The molecule has 0 spiro atoms. The van der Waals surface area contributed by atoms with Crippen LogP contribution in [0.3, 0.4) is 0 Å². The van der Waals surface area contributed by atoms with Crippen LogP contribution in [-0.4, -0.2) is 10.8 Å². The van der Waals surface area contributed by atoms with Crippen molar-refractivity contribution < 1.29 is 14.1 Å². The molecule has 0 saturated heterocycles. The van der Waals surface area contributed by atoms with Crippen LogP contribution in [0.4, 0.5) is 15.8 Å². The molecule has 98 valence electrons. The van der Waals surface area contributed by atoms with Gasteiger partial charge in [0.15, 0.2) is 0 Å². The Bertz CT molecular complexity index is 659. The summed E-state index contributed by atoms with van der Waals surface area (Å²) in [5, 5.41) is 14.9. The van der Waals surface area contributed by atoms with E-state index >= 15 is 0 Å². The predicted octanol–water partition coefficient (Wildman–Crippen LogP) is 3.81. The third kappa shape index (κ3) is 2.96. The van der Waals surface area contributed by atoms with E-state index < -0.39 is 22.3 Å². The molecule has 8 heteroatoms. The molecule has 19 heavy (non-hydrogen) atoms. The van der Waals surface area contributed by atoms with Gasteiger partial charge in [-0.2, -0.15) is 0 Å². The highest BCUT2D eigenvalue weighted by Crippen LogP contribution is 2.28. The maximum Gasteiger partial charge on any atom is 0.295 e. The highest BCUT2D eigenvalue weighted by molar-refractivity contribution is 9.10. The zero-order valence-corrected chi connectivity index (χ0v) is 11.6. The molecule has 0 aliphatic carbocycles. The van der Waals surface area contributed by atoms with E-state index in [1.807, 2.05) is 0 Å². The Labute approximate surface area is 119 Å². The van der Waals surface area contributed by atoms with E-state index in [2.05, 4.69) is 21.2 Å². The van der Waals surface area contributed by atoms with Gasteiger partial charge in [-0.3, -0.25) is 14.9 Å². The first kappa shape index (κ1) is 13.6. The van der Waals surface area contributed by atoms with Crippen molar-refractivity contribution in [3.05, 3.63) is 54.9 Å². The number of anilines is 1. The van der Waals surface area contributed by atoms with Gasteiger partial charge in [0, 0.05) is 4.47 Å². The SMILES string of the molecule is O=C(Nc1ccc(F)cc1[N+](=O)[O-])c1sccc1Br. The first-order chi connectivity index (χ1) is 8.99.